The Bertz CT molecular complexity index is 933. The molecule has 0 unspecified atom stereocenters. The molecule has 126 valence electrons. The molecule has 0 fully saturated rings. The number of benzene rings is 2. The Balaban J connectivity index is 2.32. The molecule has 0 radical (unpaired) electrons. The Morgan fingerprint density at radius 3 is 2.60 bits per heavy atom. The zero-order valence-corrected chi connectivity index (χ0v) is 14.4. The van der Waals surface area contributed by atoms with Crippen LogP contribution >= 0.6 is 23.2 Å². The molecule has 0 saturated carbocycles. The highest BCUT2D eigenvalue weighted by atomic mass is 35.5. The topological polar surface area (TPSA) is 96.0 Å². The summed E-state index contributed by atoms with van der Waals surface area (Å²) >= 11 is 11.8. The van der Waals surface area contributed by atoms with Gasteiger partial charge in [-0.3, -0.25) is 14.9 Å². The number of anilines is 1. The average molecular weight is 376 g/mol. The van der Waals surface area contributed by atoms with Crippen LogP contribution in [0.2, 0.25) is 10.0 Å². The molecule has 8 heteroatoms. The molecule has 0 aliphatic carbocycles. The Hall–Kier alpha value is -2.88. The smallest absolute Gasteiger partial charge is 0.271 e. The third-order valence-corrected chi connectivity index (χ3v) is 3.87. The number of nitrogens with one attached hydrogen (secondary N) is 1. The molecule has 1 N–H and O–H groups in total. The second-order valence-corrected chi connectivity index (χ2v) is 5.89. The van der Waals surface area contributed by atoms with Crippen LogP contribution in [0.4, 0.5) is 11.4 Å². The largest absolute Gasteiger partial charge is 0.321 e. The van der Waals surface area contributed by atoms with E-state index in [0.29, 0.717) is 21.2 Å². The minimum Gasteiger partial charge on any atom is -0.321 e. The van der Waals surface area contributed by atoms with Crippen LogP contribution in [0.3, 0.4) is 0 Å². The van der Waals surface area contributed by atoms with Crippen LogP contribution in [0, 0.1) is 28.4 Å². The van der Waals surface area contributed by atoms with Crippen molar-refractivity contribution < 1.29 is 9.72 Å². The van der Waals surface area contributed by atoms with Crippen LogP contribution in [0.5, 0.6) is 0 Å². The Morgan fingerprint density at radius 1 is 1.28 bits per heavy atom. The maximum absolute atomic E-state index is 12.3. The monoisotopic (exact) mass is 375 g/mol. The zero-order chi connectivity index (χ0) is 18.6. The number of non-ortho nitro benzene ring substituents is 1. The number of aryl methyl sites for hydroxylation is 1. The third-order valence-electron chi connectivity index (χ3n) is 3.31. The number of hydrogen-bond donors (Lipinski definition) is 1. The molecule has 0 aliphatic heterocycles. The van der Waals surface area contributed by atoms with Crippen LogP contribution in [-0.2, 0) is 4.79 Å². The summed E-state index contributed by atoms with van der Waals surface area (Å²) in [6.45, 7) is 1.69. The van der Waals surface area contributed by atoms with Gasteiger partial charge in [-0.05, 0) is 36.3 Å². The number of carbonyl (C=O) groups excluding carboxylic acids is 1. The lowest BCUT2D eigenvalue weighted by Gasteiger charge is -2.08. The molecule has 25 heavy (non-hydrogen) atoms. The lowest BCUT2D eigenvalue weighted by Crippen LogP contribution is -2.14. The van der Waals surface area contributed by atoms with Gasteiger partial charge in [0.15, 0.2) is 0 Å². The summed E-state index contributed by atoms with van der Waals surface area (Å²) in [5.41, 5.74) is 0.969. The van der Waals surface area contributed by atoms with Gasteiger partial charge in [0.05, 0.1) is 10.6 Å². The van der Waals surface area contributed by atoms with Gasteiger partial charge in [-0.1, -0.05) is 35.3 Å². The fraction of sp³-hybridized carbons (Fsp3) is 0.0588. The van der Waals surface area contributed by atoms with Crippen molar-refractivity contribution >= 4 is 46.6 Å². The molecular formula is C17H11Cl2N3O3. The summed E-state index contributed by atoms with van der Waals surface area (Å²) in [4.78, 5) is 22.6. The molecule has 2 aromatic rings. The Labute approximate surface area is 153 Å². The number of nitriles is 1. The Morgan fingerprint density at radius 2 is 2.00 bits per heavy atom. The highest BCUT2D eigenvalue weighted by Crippen LogP contribution is 2.25. The second kappa shape index (κ2) is 7.79. The molecule has 6 nitrogen and oxygen atoms in total. The fourth-order valence-corrected chi connectivity index (χ4v) is 2.43. The molecule has 0 spiro atoms. The first-order chi connectivity index (χ1) is 11.8. The first-order valence-electron chi connectivity index (χ1n) is 6.95. The van der Waals surface area contributed by atoms with E-state index in [1.54, 1.807) is 25.1 Å². The van der Waals surface area contributed by atoms with E-state index < -0.39 is 10.8 Å². The second-order valence-electron chi connectivity index (χ2n) is 5.05. The molecule has 2 rings (SSSR count). The predicted molar refractivity (Wildman–Crippen MR) is 96.5 cm³/mol. The van der Waals surface area contributed by atoms with E-state index in [0.717, 1.165) is 0 Å². The number of nitro groups is 1. The highest BCUT2D eigenvalue weighted by molar-refractivity contribution is 6.35. The summed E-state index contributed by atoms with van der Waals surface area (Å²) in [7, 11) is 0. The summed E-state index contributed by atoms with van der Waals surface area (Å²) in [6.07, 6.45) is 1.32. The number of carbonyl (C=O) groups is 1. The molecule has 0 saturated heterocycles. The number of halogens is 2. The number of nitro benzene ring substituents is 1. The zero-order valence-electron chi connectivity index (χ0n) is 12.9. The minimum atomic E-state index is -0.697. The molecular weight excluding hydrogens is 365 g/mol. The van der Waals surface area contributed by atoms with Crippen molar-refractivity contribution in [2.45, 2.75) is 6.92 Å². The quantitative estimate of drug-likeness (QED) is 0.360. The van der Waals surface area contributed by atoms with Crippen LogP contribution in [0.1, 0.15) is 11.1 Å². The predicted octanol–water partition coefficient (Wildman–Crippen LogP) is 4.76. The highest BCUT2D eigenvalue weighted by Gasteiger charge is 2.14. The van der Waals surface area contributed by atoms with E-state index in [1.165, 1.54) is 30.3 Å². The molecule has 0 atom stereocenters. The maximum Gasteiger partial charge on any atom is 0.271 e. The van der Waals surface area contributed by atoms with Gasteiger partial charge in [-0.2, -0.15) is 5.26 Å². The van der Waals surface area contributed by atoms with Crippen molar-refractivity contribution in [2.24, 2.45) is 0 Å². The van der Waals surface area contributed by atoms with Crippen molar-refractivity contribution in [3.05, 3.63) is 73.3 Å². The van der Waals surface area contributed by atoms with Crippen LogP contribution in [0.25, 0.3) is 6.08 Å². The molecule has 0 bridgehead atoms. The van der Waals surface area contributed by atoms with Crippen molar-refractivity contribution in [3.8, 4) is 6.07 Å². The summed E-state index contributed by atoms with van der Waals surface area (Å²) < 4.78 is 0. The summed E-state index contributed by atoms with van der Waals surface area (Å²) in [5, 5.41) is 23.3. The van der Waals surface area contributed by atoms with E-state index in [2.05, 4.69) is 5.32 Å². The lowest BCUT2D eigenvalue weighted by atomic mass is 10.1. The average Bonchev–Trinajstić information content (AvgIpc) is 2.55. The Kier molecular flexibility index (Phi) is 5.75. The van der Waals surface area contributed by atoms with E-state index >= 15 is 0 Å². The summed E-state index contributed by atoms with van der Waals surface area (Å²) in [6, 6.07) is 10.5. The SMILES string of the molecule is Cc1ccc([N+](=O)[O-])cc1NC(=O)C(C#N)=Cc1ccc(Cl)cc1Cl. The van der Waals surface area contributed by atoms with Gasteiger partial charge in [0.2, 0.25) is 0 Å². The van der Waals surface area contributed by atoms with E-state index in [-0.39, 0.29) is 16.9 Å². The van der Waals surface area contributed by atoms with Gasteiger partial charge < -0.3 is 5.32 Å². The van der Waals surface area contributed by atoms with E-state index in [4.69, 9.17) is 23.2 Å². The molecule has 1 amide bonds. The van der Waals surface area contributed by atoms with Gasteiger partial charge in [0, 0.05) is 22.2 Å². The van der Waals surface area contributed by atoms with Gasteiger partial charge in [0.25, 0.3) is 11.6 Å². The summed E-state index contributed by atoms with van der Waals surface area (Å²) in [5.74, 6) is -0.697. The van der Waals surface area contributed by atoms with Crippen LogP contribution in [-0.4, -0.2) is 10.8 Å². The van der Waals surface area contributed by atoms with Gasteiger partial charge >= 0.3 is 0 Å². The maximum atomic E-state index is 12.3. The number of hydrogen-bond acceptors (Lipinski definition) is 4. The van der Waals surface area contributed by atoms with Gasteiger partial charge in [-0.25, -0.2) is 0 Å². The first-order valence-corrected chi connectivity index (χ1v) is 7.70. The van der Waals surface area contributed by atoms with Gasteiger partial charge in [-0.15, -0.1) is 0 Å². The van der Waals surface area contributed by atoms with Crippen molar-refractivity contribution in [1.29, 1.82) is 5.26 Å². The van der Waals surface area contributed by atoms with Crippen molar-refractivity contribution in [3.63, 3.8) is 0 Å². The third kappa shape index (κ3) is 4.57. The van der Waals surface area contributed by atoms with Gasteiger partial charge in [0.1, 0.15) is 11.6 Å². The van der Waals surface area contributed by atoms with Crippen molar-refractivity contribution in [2.75, 3.05) is 5.32 Å². The normalized spacial score (nSPS) is 10.9. The standard InChI is InChI=1S/C17H11Cl2N3O3/c1-10-2-5-14(22(24)25)8-16(10)21-17(23)12(9-20)6-11-3-4-13(18)7-15(11)19/h2-8H,1H3,(H,21,23). The number of amides is 1. The lowest BCUT2D eigenvalue weighted by molar-refractivity contribution is -0.384. The molecule has 0 aromatic heterocycles. The van der Waals surface area contributed by atoms with Crippen LogP contribution < -0.4 is 5.32 Å². The number of rotatable bonds is 4. The van der Waals surface area contributed by atoms with Crippen molar-refractivity contribution in [1.82, 2.24) is 0 Å². The van der Waals surface area contributed by atoms with Crippen LogP contribution in [0.15, 0.2) is 42.0 Å². The van der Waals surface area contributed by atoms with E-state index in [1.807, 2.05) is 0 Å². The molecule has 0 aliphatic rings. The van der Waals surface area contributed by atoms with E-state index in [9.17, 15) is 20.2 Å². The number of nitrogens with zero attached hydrogens (tertiary/aromatic N) is 2. The molecule has 0 heterocycles. The molecule has 2 aromatic carbocycles. The fourth-order valence-electron chi connectivity index (χ4n) is 1.97. The minimum absolute atomic E-state index is 0.163. The first kappa shape index (κ1) is 18.5.